The zero-order valence-corrected chi connectivity index (χ0v) is 17.1. The van der Waals surface area contributed by atoms with Crippen molar-refractivity contribution in [3.8, 4) is 11.5 Å². The molecule has 1 aliphatic rings. The lowest BCUT2D eigenvalue weighted by atomic mass is 10.1. The highest BCUT2D eigenvalue weighted by atomic mass is 35.5. The summed E-state index contributed by atoms with van der Waals surface area (Å²) < 4.78 is 10.4. The lowest BCUT2D eigenvalue weighted by molar-refractivity contribution is 0.0652. The molecule has 0 saturated carbocycles. The number of hydrogen-bond donors (Lipinski definition) is 1. The average molecular weight is 417 g/mol. The van der Waals surface area contributed by atoms with Gasteiger partial charge in [-0.1, -0.05) is 24.9 Å². The van der Waals surface area contributed by atoms with Gasteiger partial charge in [-0.3, -0.25) is 19.3 Å². The topological polar surface area (TPSA) is 84.9 Å². The van der Waals surface area contributed by atoms with E-state index in [1.807, 2.05) is 6.92 Å². The van der Waals surface area contributed by atoms with Crippen LogP contribution in [0, 0.1) is 0 Å². The molecule has 2 aromatic rings. The Hall–Kier alpha value is -3.06. The smallest absolute Gasteiger partial charge is 0.261 e. The molecule has 0 atom stereocenters. The van der Waals surface area contributed by atoms with Gasteiger partial charge in [0.05, 0.1) is 36.1 Å². The van der Waals surface area contributed by atoms with Crippen LogP contribution in [0.3, 0.4) is 0 Å². The highest BCUT2D eigenvalue weighted by molar-refractivity contribution is 6.32. The Morgan fingerprint density at radius 1 is 1.03 bits per heavy atom. The van der Waals surface area contributed by atoms with Gasteiger partial charge in [-0.25, -0.2) is 0 Å². The van der Waals surface area contributed by atoms with Crippen molar-refractivity contribution >= 4 is 35.0 Å². The van der Waals surface area contributed by atoms with Gasteiger partial charge in [-0.15, -0.1) is 0 Å². The van der Waals surface area contributed by atoms with Crippen LogP contribution in [0.25, 0.3) is 0 Å². The van der Waals surface area contributed by atoms with Gasteiger partial charge >= 0.3 is 0 Å². The highest BCUT2D eigenvalue weighted by Crippen LogP contribution is 2.36. The Balaban J connectivity index is 1.86. The minimum atomic E-state index is -0.459. The summed E-state index contributed by atoms with van der Waals surface area (Å²) in [6, 6.07) is 7.55. The van der Waals surface area contributed by atoms with Crippen LogP contribution in [-0.2, 0) is 0 Å². The van der Waals surface area contributed by atoms with Gasteiger partial charge in [-0.2, -0.15) is 0 Å². The molecule has 0 bridgehead atoms. The number of rotatable bonds is 7. The summed E-state index contributed by atoms with van der Waals surface area (Å²) in [5.41, 5.74) is 1.15. The number of nitrogens with one attached hydrogen (secondary N) is 1. The molecule has 0 fully saturated rings. The monoisotopic (exact) mass is 416 g/mol. The fourth-order valence-corrected chi connectivity index (χ4v) is 3.34. The van der Waals surface area contributed by atoms with Crippen molar-refractivity contribution < 1.29 is 23.9 Å². The zero-order chi connectivity index (χ0) is 21.1. The van der Waals surface area contributed by atoms with E-state index in [-0.39, 0.29) is 22.9 Å². The Bertz CT molecular complexity index is 989. The van der Waals surface area contributed by atoms with Gasteiger partial charge in [0.25, 0.3) is 17.7 Å². The van der Waals surface area contributed by atoms with E-state index in [9.17, 15) is 14.4 Å². The number of unbranched alkanes of at least 4 members (excludes halogenated alkanes) is 1. The largest absolute Gasteiger partial charge is 0.495 e. The molecule has 8 heteroatoms. The van der Waals surface area contributed by atoms with Crippen LogP contribution in [0.1, 0.15) is 50.8 Å². The number of benzene rings is 2. The first-order valence-electron chi connectivity index (χ1n) is 9.14. The van der Waals surface area contributed by atoms with Crippen molar-refractivity contribution in [3.63, 3.8) is 0 Å². The van der Waals surface area contributed by atoms with Crippen molar-refractivity contribution in [2.24, 2.45) is 0 Å². The van der Waals surface area contributed by atoms with E-state index >= 15 is 0 Å². The Morgan fingerprint density at radius 3 is 2.38 bits per heavy atom. The second kappa shape index (κ2) is 8.53. The number of methoxy groups -OCH3 is 2. The number of nitrogens with zero attached hydrogens (tertiary/aromatic N) is 1. The van der Waals surface area contributed by atoms with Gasteiger partial charge in [0.2, 0.25) is 0 Å². The maximum atomic E-state index is 12.7. The summed E-state index contributed by atoms with van der Waals surface area (Å²) in [4.78, 5) is 39.0. The van der Waals surface area contributed by atoms with Crippen LogP contribution >= 0.6 is 11.6 Å². The molecule has 3 amide bonds. The van der Waals surface area contributed by atoms with Crippen molar-refractivity contribution in [1.29, 1.82) is 0 Å². The van der Waals surface area contributed by atoms with E-state index in [1.165, 1.54) is 43.4 Å². The molecule has 2 aromatic carbocycles. The molecule has 0 saturated heterocycles. The number of imide groups is 1. The Morgan fingerprint density at radius 2 is 1.72 bits per heavy atom. The molecule has 0 aliphatic carbocycles. The van der Waals surface area contributed by atoms with Crippen LogP contribution in [0.2, 0.25) is 5.02 Å². The van der Waals surface area contributed by atoms with Gasteiger partial charge in [-0.05, 0) is 30.7 Å². The quantitative estimate of drug-likeness (QED) is 0.689. The van der Waals surface area contributed by atoms with Crippen molar-refractivity contribution in [2.75, 3.05) is 26.1 Å². The molecular weight excluding hydrogens is 396 g/mol. The summed E-state index contributed by atoms with van der Waals surface area (Å²) in [7, 11) is 2.94. The van der Waals surface area contributed by atoms with Crippen molar-refractivity contribution in [1.82, 2.24) is 4.90 Å². The van der Waals surface area contributed by atoms with E-state index in [2.05, 4.69) is 5.32 Å². The number of ether oxygens (including phenoxy) is 2. The zero-order valence-electron chi connectivity index (χ0n) is 16.4. The number of carbonyl (C=O) groups excluding carboxylic acids is 3. The maximum absolute atomic E-state index is 12.7. The van der Waals surface area contributed by atoms with Crippen LogP contribution in [-0.4, -0.2) is 43.4 Å². The third kappa shape index (κ3) is 3.91. The summed E-state index contributed by atoms with van der Waals surface area (Å²) in [5.74, 6) is -0.375. The first-order valence-corrected chi connectivity index (χ1v) is 9.52. The Kier molecular flexibility index (Phi) is 6.08. The minimum absolute atomic E-state index is 0.235. The predicted molar refractivity (Wildman–Crippen MR) is 109 cm³/mol. The third-order valence-electron chi connectivity index (χ3n) is 4.69. The first kappa shape index (κ1) is 20.7. The molecule has 29 heavy (non-hydrogen) atoms. The molecule has 152 valence electrons. The standard InChI is InChI=1S/C21H21ClN2O5/c1-4-5-8-24-20(26)13-7-6-12(9-14(13)21(24)27)19(25)23-16-10-15(22)17(28-2)11-18(16)29-3/h6-7,9-11H,4-5,8H2,1-3H3,(H,23,25). The number of fused-ring (bicyclic) bond motifs is 1. The molecule has 0 aromatic heterocycles. The number of hydrogen-bond acceptors (Lipinski definition) is 5. The molecule has 0 unspecified atom stereocenters. The fraction of sp³-hybridized carbons (Fsp3) is 0.286. The average Bonchev–Trinajstić information content (AvgIpc) is 2.96. The lowest BCUT2D eigenvalue weighted by Crippen LogP contribution is -2.30. The molecule has 1 heterocycles. The molecule has 0 spiro atoms. The van der Waals surface area contributed by atoms with Gasteiger partial charge in [0, 0.05) is 18.2 Å². The van der Waals surface area contributed by atoms with Crippen LogP contribution < -0.4 is 14.8 Å². The van der Waals surface area contributed by atoms with E-state index in [0.717, 1.165) is 12.8 Å². The first-order chi connectivity index (χ1) is 13.9. The van der Waals surface area contributed by atoms with Gasteiger partial charge < -0.3 is 14.8 Å². The Labute approximate surface area is 173 Å². The lowest BCUT2D eigenvalue weighted by Gasteiger charge is -2.13. The predicted octanol–water partition coefficient (Wildman–Crippen LogP) is 4.01. The van der Waals surface area contributed by atoms with Gasteiger partial charge in [0.15, 0.2) is 0 Å². The minimum Gasteiger partial charge on any atom is -0.495 e. The molecule has 1 N–H and O–H groups in total. The molecule has 1 aliphatic heterocycles. The summed E-state index contributed by atoms with van der Waals surface area (Å²) in [6.45, 7) is 2.35. The van der Waals surface area contributed by atoms with Gasteiger partial charge in [0.1, 0.15) is 11.5 Å². The third-order valence-corrected chi connectivity index (χ3v) is 4.99. The number of carbonyl (C=O) groups is 3. The SMILES string of the molecule is CCCCN1C(=O)c2ccc(C(=O)Nc3cc(Cl)c(OC)cc3OC)cc2C1=O. The van der Waals surface area contributed by atoms with Crippen LogP contribution in [0.15, 0.2) is 30.3 Å². The second-order valence-corrected chi connectivity index (χ2v) is 6.92. The molecular formula is C21H21ClN2O5. The molecule has 7 nitrogen and oxygen atoms in total. The second-order valence-electron chi connectivity index (χ2n) is 6.52. The molecule has 0 radical (unpaired) electrons. The maximum Gasteiger partial charge on any atom is 0.261 e. The highest BCUT2D eigenvalue weighted by Gasteiger charge is 2.35. The number of halogens is 1. The summed E-state index contributed by atoms with van der Waals surface area (Å²) in [5, 5.41) is 3.03. The summed E-state index contributed by atoms with van der Waals surface area (Å²) in [6.07, 6.45) is 1.60. The van der Waals surface area contributed by atoms with Crippen LogP contribution in [0.4, 0.5) is 5.69 Å². The van der Waals surface area contributed by atoms with E-state index in [0.29, 0.717) is 34.3 Å². The number of amides is 3. The van der Waals surface area contributed by atoms with Crippen molar-refractivity contribution in [2.45, 2.75) is 19.8 Å². The van der Waals surface area contributed by atoms with Crippen LogP contribution in [0.5, 0.6) is 11.5 Å². The fourth-order valence-electron chi connectivity index (χ4n) is 3.10. The normalized spacial score (nSPS) is 12.8. The summed E-state index contributed by atoms with van der Waals surface area (Å²) >= 11 is 6.14. The number of anilines is 1. The van der Waals surface area contributed by atoms with Crippen molar-refractivity contribution in [3.05, 3.63) is 52.0 Å². The van der Waals surface area contributed by atoms with E-state index in [1.54, 1.807) is 6.07 Å². The molecule has 3 rings (SSSR count). The van der Waals surface area contributed by atoms with E-state index in [4.69, 9.17) is 21.1 Å². The van der Waals surface area contributed by atoms with E-state index < -0.39 is 5.91 Å².